The molecule has 502 valence electrons. The molecule has 20 rings (SSSR count). The summed E-state index contributed by atoms with van der Waals surface area (Å²) in [5, 5.41) is 6.41. The molecule has 0 radical (unpaired) electrons. The van der Waals surface area contributed by atoms with Gasteiger partial charge in [-0.3, -0.25) is 0 Å². The Labute approximate surface area is 616 Å². The number of para-hydroxylation sites is 3. The lowest BCUT2D eigenvalue weighted by Crippen LogP contribution is -2.61. The average molecular weight is 1360 g/mol. The minimum atomic E-state index is -0.389. The van der Waals surface area contributed by atoms with Gasteiger partial charge in [-0.1, -0.05) is 272 Å². The van der Waals surface area contributed by atoms with Crippen LogP contribution in [0.5, 0.6) is 0 Å². The molecule has 0 saturated heterocycles. The lowest BCUT2D eigenvalue weighted by atomic mass is 9.33. The van der Waals surface area contributed by atoms with Crippen LogP contribution in [-0.4, -0.2) is 11.3 Å². The molecular formula is C99H71BN4O2. The van der Waals surface area contributed by atoms with Crippen molar-refractivity contribution in [1.82, 2.24) is 4.57 Å². The Bertz CT molecular complexity index is 6230. The Morgan fingerprint density at radius 3 is 1.12 bits per heavy atom. The molecule has 0 spiro atoms. The van der Waals surface area contributed by atoms with Crippen molar-refractivity contribution in [3.05, 3.63) is 344 Å². The first-order valence-electron chi connectivity index (χ1n) is 36.7. The molecule has 2 aliphatic heterocycles. The van der Waals surface area contributed by atoms with Gasteiger partial charge in [0.1, 0.15) is 22.3 Å². The summed E-state index contributed by atoms with van der Waals surface area (Å²) in [6.07, 6.45) is 0. The second-order valence-electron chi connectivity index (χ2n) is 30.6. The quantitative estimate of drug-likeness (QED) is 0.107. The molecular weight excluding hydrogens is 1290 g/mol. The van der Waals surface area contributed by atoms with E-state index in [2.05, 4.69) is 376 Å². The molecule has 106 heavy (non-hydrogen) atoms. The summed E-state index contributed by atoms with van der Waals surface area (Å²) in [6, 6.07) is 119. The van der Waals surface area contributed by atoms with Crippen LogP contribution in [0.1, 0.15) is 52.7 Å². The number of nitrogens with zero attached hydrogens (tertiary/aromatic N) is 4. The molecule has 0 N–H and O–H groups in total. The Balaban J connectivity index is 1.01. The van der Waals surface area contributed by atoms with E-state index in [1.54, 1.807) is 0 Å². The first kappa shape index (κ1) is 62.6. The number of anilines is 6. The van der Waals surface area contributed by atoms with Gasteiger partial charge in [0.05, 0.1) is 34.7 Å². The molecule has 0 bridgehead atoms. The number of hydrogen-bond donors (Lipinski definition) is 0. The third kappa shape index (κ3) is 9.85. The van der Waals surface area contributed by atoms with Crippen molar-refractivity contribution in [3.8, 4) is 72.4 Å². The Hall–Kier alpha value is -13.1. The van der Waals surface area contributed by atoms with Crippen LogP contribution in [0.4, 0.5) is 39.8 Å². The van der Waals surface area contributed by atoms with Crippen LogP contribution in [0.3, 0.4) is 0 Å². The molecule has 15 aromatic carbocycles. The number of fused-ring (bicyclic) bond motifs is 13. The Morgan fingerprint density at radius 2 is 0.698 bits per heavy atom. The number of hydrogen-bond acceptors (Lipinski definition) is 4. The summed E-state index contributed by atoms with van der Waals surface area (Å²) in [6.45, 7) is 22.0. The van der Waals surface area contributed by atoms with Crippen molar-refractivity contribution < 1.29 is 8.83 Å². The topological polar surface area (TPSA) is 42.1 Å². The van der Waals surface area contributed by atoms with E-state index in [1.807, 2.05) is 6.07 Å². The smallest absolute Gasteiger partial charge is 0.252 e. The van der Waals surface area contributed by atoms with Crippen molar-refractivity contribution >= 4 is 129 Å². The number of rotatable bonds is 9. The van der Waals surface area contributed by atoms with Gasteiger partial charge in [0.25, 0.3) is 6.71 Å². The van der Waals surface area contributed by atoms with Crippen molar-refractivity contribution in [2.75, 3.05) is 9.80 Å². The van der Waals surface area contributed by atoms with E-state index in [4.69, 9.17) is 15.4 Å². The summed E-state index contributed by atoms with van der Waals surface area (Å²) >= 11 is 0. The molecule has 7 heteroatoms. The summed E-state index contributed by atoms with van der Waals surface area (Å²) in [5.41, 5.74) is 32.1. The molecule has 3 aromatic heterocycles. The Morgan fingerprint density at radius 1 is 0.311 bits per heavy atom. The van der Waals surface area contributed by atoms with Gasteiger partial charge in [-0.25, -0.2) is 4.85 Å². The van der Waals surface area contributed by atoms with Gasteiger partial charge >= 0.3 is 0 Å². The van der Waals surface area contributed by atoms with Gasteiger partial charge in [0, 0.05) is 71.9 Å². The van der Waals surface area contributed by atoms with Crippen molar-refractivity contribution in [2.45, 2.75) is 52.4 Å². The predicted molar refractivity (Wildman–Crippen MR) is 446 cm³/mol. The van der Waals surface area contributed by atoms with Crippen LogP contribution in [0.25, 0.3) is 143 Å². The van der Waals surface area contributed by atoms with Crippen LogP contribution < -0.4 is 26.2 Å². The molecule has 0 aliphatic carbocycles. The van der Waals surface area contributed by atoms with E-state index in [9.17, 15) is 0 Å². The minimum Gasteiger partial charge on any atom is -0.456 e. The molecule has 0 unspecified atom stereocenters. The standard InChI is InChI=1S/C99H71BN4O2/c1-98(2,3)67-54-76(61-28-12-8-13-29-61)96(77(55-67)62-30-14-9-15-31-62)103-85-49-46-65(71-39-26-44-91-93(71)74-37-21-24-42-89(74)105-91)52-81(85)100-82-53-66(72-40-27-45-92-94(72)75-38-22-25-43-90(75)106-92)47-50-86(82)104(97-78(63-32-16-10-17-33-63)56-68(99(4,5)6)57-79(97)64-34-18-11-19-35-64)88-60-70(59-87(103)95(88)100)102-83-41-23-20-36-73(83)80-58-69(101-7)48-51-84(80)102/h8-60H,1-6H3. The van der Waals surface area contributed by atoms with E-state index in [1.165, 1.54) is 11.1 Å². The zero-order valence-corrected chi connectivity index (χ0v) is 59.8. The monoisotopic (exact) mass is 1360 g/mol. The summed E-state index contributed by atoms with van der Waals surface area (Å²) < 4.78 is 16.0. The lowest BCUT2D eigenvalue weighted by Gasteiger charge is -2.46. The highest BCUT2D eigenvalue weighted by atomic mass is 16.3. The normalized spacial score (nSPS) is 12.7. The van der Waals surface area contributed by atoms with E-state index in [0.29, 0.717) is 5.69 Å². The van der Waals surface area contributed by atoms with Gasteiger partial charge in [-0.05, 0) is 179 Å². The fourth-order valence-corrected chi connectivity index (χ4v) is 17.2. The average Bonchev–Trinajstić information content (AvgIpc) is 0.739. The van der Waals surface area contributed by atoms with Gasteiger partial charge in [0.15, 0.2) is 5.69 Å². The molecule has 6 nitrogen and oxygen atoms in total. The highest BCUT2D eigenvalue weighted by molar-refractivity contribution is 7.00. The SMILES string of the molecule is [C-]#[N+]c1ccc2c(c1)c1ccccc1n2-c1cc2c3c(c1)N(c1c(-c4ccccc4)cc(C(C)(C)C)cc1-c1ccccc1)c1ccc(-c4cccc5oc6ccccc6c45)cc1B3c1cc(-c3cccc4oc5ccccc5c34)ccc1N2c1c(-c2ccccc2)cc(C(C)(C)C)cc1-c1ccccc1. The number of aromatic nitrogens is 1. The number of benzene rings is 15. The fourth-order valence-electron chi connectivity index (χ4n) is 17.2. The predicted octanol–water partition coefficient (Wildman–Crippen LogP) is 25.8. The highest BCUT2D eigenvalue weighted by Crippen LogP contribution is 2.56. The van der Waals surface area contributed by atoms with Gasteiger partial charge < -0.3 is 23.2 Å². The summed E-state index contributed by atoms with van der Waals surface area (Å²) in [7, 11) is 0. The maximum Gasteiger partial charge on any atom is 0.252 e. The zero-order chi connectivity index (χ0) is 71.3. The first-order chi connectivity index (χ1) is 51.8. The maximum atomic E-state index is 8.36. The van der Waals surface area contributed by atoms with E-state index in [0.717, 1.165) is 189 Å². The minimum absolute atomic E-state index is 0.239. The van der Waals surface area contributed by atoms with Crippen molar-refractivity contribution in [3.63, 3.8) is 0 Å². The number of furan rings is 2. The van der Waals surface area contributed by atoms with Crippen LogP contribution in [0.2, 0.25) is 0 Å². The second-order valence-corrected chi connectivity index (χ2v) is 30.6. The molecule has 18 aromatic rings. The first-order valence-corrected chi connectivity index (χ1v) is 36.7. The van der Waals surface area contributed by atoms with Crippen LogP contribution in [-0.2, 0) is 10.8 Å². The van der Waals surface area contributed by atoms with Crippen molar-refractivity contribution in [1.29, 1.82) is 0 Å². The third-order valence-electron chi connectivity index (χ3n) is 22.3. The van der Waals surface area contributed by atoms with Gasteiger partial charge in [-0.15, -0.1) is 0 Å². The second kappa shape index (κ2) is 24.0. The molecule has 0 atom stereocenters. The molecule has 0 amide bonds. The van der Waals surface area contributed by atoms with Crippen LogP contribution >= 0.6 is 0 Å². The van der Waals surface area contributed by atoms with Crippen molar-refractivity contribution in [2.24, 2.45) is 0 Å². The fraction of sp³-hybridized carbons (Fsp3) is 0.0808. The largest absolute Gasteiger partial charge is 0.456 e. The molecule has 0 saturated carbocycles. The van der Waals surface area contributed by atoms with Crippen LogP contribution in [0.15, 0.2) is 330 Å². The van der Waals surface area contributed by atoms with Gasteiger partial charge in [0.2, 0.25) is 0 Å². The molecule has 2 aliphatic rings. The van der Waals surface area contributed by atoms with E-state index in [-0.39, 0.29) is 17.5 Å². The third-order valence-corrected chi connectivity index (χ3v) is 22.3. The van der Waals surface area contributed by atoms with E-state index < -0.39 is 0 Å². The molecule has 5 heterocycles. The zero-order valence-electron chi connectivity index (χ0n) is 59.8. The molecule has 0 fully saturated rings. The summed E-state index contributed by atoms with van der Waals surface area (Å²) in [4.78, 5) is 9.36. The van der Waals surface area contributed by atoms with Crippen LogP contribution in [0, 0.1) is 6.57 Å². The van der Waals surface area contributed by atoms with E-state index >= 15 is 0 Å². The van der Waals surface area contributed by atoms with Gasteiger partial charge in [-0.2, -0.15) is 0 Å². The maximum absolute atomic E-state index is 8.36. The lowest BCUT2D eigenvalue weighted by molar-refractivity contribution is 0.590. The Kier molecular flexibility index (Phi) is 14.2. The highest BCUT2D eigenvalue weighted by Gasteiger charge is 2.47. The summed E-state index contributed by atoms with van der Waals surface area (Å²) in [5.74, 6) is 0.